The summed E-state index contributed by atoms with van der Waals surface area (Å²) in [5, 5.41) is 12.0. The van der Waals surface area contributed by atoms with E-state index in [4.69, 9.17) is 48.1 Å². The van der Waals surface area contributed by atoms with Crippen LogP contribution in [0.2, 0.25) is 5.02 Å². The quantitative estimate of drug-likeness (QED) is 0.437. The van der Waals surface area contributed by atoms with E-state index in [2.05, 4.69) is 21.2 Å². The first kappa shape index (κ1) is 31.3. The van der Waals surface area contributed by atoms with Crippen LogP contribution in [0.3, 0.4) is 0 Å². The molecule has 9 nitrogen and oxygen atoms in total. The van der Waals surface area contributed by atoms with Crippen molar-refractivity contribution in [1.29, 1.82) is 5.41 Å². The third-order valence-corrected chi connectivity index (χ3v) is 11.1. The molecular formula is C33H43Cl2FN7O2+. The van der Waals surface area contributed by atoms with Gasteiger partial charge in [0.15, 0.2) is 0 Å². The van der Waals surface area contributed by atoms with Crippen molar-refractivity contribution >= 4 is 34.7 Å². The first-order valence-corrected chi connectivity index (χ1v) is 16.9. The number of ether oxygens (including phenoxy) is 2. The summed E-state index contributed by atoms with van der Waals surface area (Å²) in [6, 6.07) is 6.41. The zero-order chi connectivity index (χ0) is 31.3. The number of nitrogens with two attached hydrogens (primary N) is 1. The first-order valence-electron chi connectivity index (χ1n) is 16.2. The SMILES string of the molecule is CN(C)CC(=N)/C(Cl)=C1/CN(c2nc(OC[C@@]34CCCN3C[C@H](F)C4)nc3c2CO[C@@]2(CCc4c(Cl)cccc42)C3)CCC[NH2+]1. The predicted molar refractivity (Wildman–Crippen MR) is 173 cm³/mol. The highest BCUT2D eigenvalue weighted by Gasteiger charge is 2.50. The molecule has 0 unspecified atom stereocenters. The molecule has 242 valence electrons. The molecule has 5 heterocycles. The van der Waals surface area contributed by atoms with Crippen LogP contribution in [-0.4, -0.2) is 97.2 Å². The van der Waals surface area contributed by atoms with Crippen molar-refractivity contribution in [2.24, 2.45) is 0 Å². The maximum atomic E-state index is 14.5. The number of benzene rings is 1. The van der Waals surface area contributed by atoms with Gasteiger partial charge in [-0.05, 0) is 63.5 Å². The maximum Gasteiger partial charge on any atom is 0.318 e. The van der Waals surface area contributed by atoms with Gasteiger partial charge in [-0.1, -0.05) is 35.3 Å². The van der Waals surface area contributed by atoms with Crippen LogP contribution in [-0.2, 0) is 29.8 Å². The van der Waals surface area contributed by atoms with Crippen LogP contribution in [0.4, 0.5) is 10.2 Å². The minimum atomic E-state index is -0.824. The van der Waals surface area contributed by atoms with E-state index in [1.165, 1.54) is 0 Å². The highest BCUT2D eigenvalue weighted by molar-refractivity contribution is 6.43. The van der Waals surface area contributed by atoms with Crippen LogP contribution in [0.15, 0.2) is 28.9 Å². The Bertz CT molecular complexity index is 1520. The fourth-order valence-electron chi connectivity index (χ4n) is 8.16. The van der Waals surface area contributed by atoms with E-state index in [1.807, 2.05) is 31.1 Å². The molecule has 0 saturated carbocycles. The van der Waals surface area contributed by atoms with Gasteiger partial charge in [0.1, 0.15) is 29.3 Å². The highest BCUT2D eigenvalue weighted by atomic mass is 35.5. The standard InChI is InChI=1S/C33H42Cl2FN7O2/c1-41(2)17-26(37)29(35)28-18-42(12-5-11-38-28)30-23-19-45-33(10-8-22-24(33)6-3-7-25(22)34)15-27(23)39-31(40-30)44-20-32-9-4-13-43(32)16-21(36)14-32/h3,6-7,21,37-38H,4-5,8-20H2,1-2H3/p+1/b29-28+,37-26?/t21-,32+,33+/m1/s1. The van der Waals surface area contributed by atoms with E-state index in [0.717, 1.165) is 90.7 Å². The second-order valence-corrected chi connectivity index (χ2v) is 14.5. The lowest BCUT2D eigenvalue weighted by Gasteiger charge is -2.37. The van der Waals surface area contributed by atoms with Crippen LogP contribution >= 0.6 is 23.2 Å². The molecular weight excluding hydrogens is 616 g/mol. The smallest absolute Gasteiger partial charge is 0.318 e. The van der Waals surface area contributed by atoms with E-state index in [9.17, 15) is 4.39 Å². The number of quaternary nitrogens is 1. The van der Waals surface area contributed by atoms with Gasteiger partial charge >= 0.3 is 6.01 Å². The second kappa shape index (κ2) is 12.4. The summed E-state index contributed by atoms with van der Waals surface area (Å²) >= 11 is 13.4. The molecule has 1 aromatic carbocycles. The summed E-state index contributed by atoms with van der Waals surface area (Å²) in [6.07, 6.45) is 4.87. The van der Waals surface area contributed by atoms with Gasteiger partial charge in [-0.2, -0.15) is 9.97 Å². The molecule has 12 heteroatoms. The van der Waals surface area contributed by atoms with Gasteiger partial charge in [0.25, 0.3) is 0 Å². The molecule has 0 bridgehead atoms. The topological polar surface area (TPSA) is 94.4 Å². The molecule has 0 radical (unpaired) electrons. The number of rotatable bonds is 7. The molecule has 0 amide bonds. The van der Waals surface area contributed by atoms with Crippen LogP contribution in [0, 0.1) is 5.41 Å². The van der Waals surface area contributed by atoms with Crippen LogP contribution in [0.5, 0.6) is 6.01 Å². The van der Waals surface area contributed by atoms with Crippen molar-refractivity contribution in [3.8, 4) is 6.01 Å². The maximum absolute atomic E-state index is 14.5. The van der Waals surface area contributed by atoms with Crippen molar-refractivity contribution in [1.82, 2.24) is 19.8 Å². The van der Waals surface area contributed by atoms with Gasteiger partial charge in [-0.25, -0.2) is 4.39 Å². The predicted octanol–water partition coefficient (Wildman–Crippen LogP) is 3.80. The molecule has 3 saturated heterocycles. The van der Waals surface area contributed by atoms with Crippen LogP contribution < -0.4 is 15.0 Å². The van der Waals surface area contributed by atoms with E-state index in [0.29, 0.717) is 62.4 Å². The summed E-state index contributed by atoms with van der Waals surface area (Å²) < 4.78 is 27.8. The lowest BCUT2D eigenvalue weighted by Crippen LogP contribution is -2.83. The third kappa shape index (κ3) is 5.87. The summed E-state index contributed by atoms with van der Waals surface area (Å²) in [4.78, 5) is 16.5. The molecule has 5 aliphatic rings. The van der Waals surface area contributed by atoms with Gasteiger partial charge in [0.2, 0.25) is 0 Å². The number of hydrogen-bond acceptors (Lipinski definition) is 8. The Kier molecular flexibility index (Phi) is 8.59. The highest BCUT2D eigenvalue weighted by Crippen LogP contribution is 2.49. The molecule has 3 N–H and O–H groups in total. The Hall–Kier alpha value is -2.34. The Morgan fingerprint density at radius 2 is 2.09 bits per heavy atom. The largest absolute Gasteiger partial charge is 0.461 e. The van der Waals surface area contributed by atoms with Crippen molar-refractivity contribution in [3.05, 3.63) is 56.3 Å². The normalized spacial score (nSPS) is 29.1. The number of anilines is 1. The van der Waals surface area contributed by atoms with Crippen molar-refractivity contribution in [2.45, 2.75) is 68.9 Å². The van der Waals surface area contributed by atoms with E-state index in [-0.39, 0.29) is 5.54 Å². The summed E-state index contributed by atoms with van der Waals surface area (Å²) in [6.45, 7) is 4.78. The fraction of sp³-hybridized carbons (Fsp3) is 0.606. The summed E-state index contributed by atoms with van der Waals surface area (Å²) in [7, 11) is 3.88. The molecule has 45 heavy (non-hydrogen) atoms. The Morgan fingerprint density at radius 1 is 1.22 bits per heavy atom. The number of nitrogens with zero attached hydrogens (tertiary/aromatic N) is 5. The van der Waals surface area contributed by atoms with E-state index >= 15 is 0 Å². The van der Waals surface area contributed by atoms with Gasteiger partial charge in [-0.15, -0.1) is 0 Å². The summed E-state index contributed by atoms with van der Waals surface area (Å²) in [5.74, 6) is 0.793. The molecule has 1 spiro atoms. The van der Waals surface area contributed by atoms with Crippen molar-refractivity contribution in [2.75, 3.05) is 64.9 Å². The molecule has 7 rings (SSSR count). The van der Waals surface area contributed by atoms with Crippen LogP contribution in [0.25, 0.3) is 0 Å². The van der Waals surface area contributed by atoms with Crippen molar-refractivity contribution in [3.63, 3.8) is 0 Å². The zero-order valence-corrected chi connectivity index (χ0v) is 27.7. The molecule has 3 fully saturated rings. The lowest BCUT2D eigenvalue weighted by atomic mass is 9.87. The average molecular weight is 660 g/mol. The molecule has 3 atom stereocenters. The Labute approximate surface area is 274 Å². The minimum Gasteiger partial charge on any atom is -0.461 e. The fourth-order valence-corrected chi connectivity index (χ4v) is 8.62. The lowest BCUT2D eigenvalue weighted by molar-refractivity contribution is -0.605. The van der Waals surface area contributed by atoms with Crippen LogP contribution in [0.1, 0.15) is 54.5 Å². The number of halogens is 3. The average Bonchev–Trinajstić information content (AvgIpc) is 3.58. The van der Waals surface area contributed by atoms with Crippen molar-refractivity contribution < 1.29 is 19.2 Å². The monoisotopic (exact) mass is 658 g/mol. The zero-order valence-electron chi connectivity index (χ0n) is 26.2. The number of nitrogens with one attached hydrogen (secondary N) is 1. The Morgan fingerprint density at radius 3 is 2.93 bits per heavy atom. The van der Waals surface area contributed by atoms with Gasteiger partial charge < -0.3 is 30.0 Å². The van der Waals surface area contributed by atoms with Gasteiger partial charge in [0.05, 0.1) is 42.2 Å². The number of alkyl halides is 1. The van der Waals surface area contributed by atoms with E-state index < -0.39 is 11.8 Å². The first-order chi connectivity index (χ1) is 21.7. The second-order valence-electron chi connectivity index (χ2n) is 13.7. The molecule has 1 aliphatic carbocycles. The minimum absolute atomic E-state index is 0.294. The molecule has 4 aliphatic heterocycles. The Balaban J connectivity index is 1.24. The molecule has 1 aromatic heterocycles. The third-order valence-electron chi connectivity index (χ3n) is 10.3. The van der Waals surface area contributed by atoms with Gasteiger partial charge in [-0.3, -0.25) is 4.90 Å². The van der Waals surface area contributed by atoms with E-state index in [1.54, 1.807) is 0 Å². The summed E-state index contributed by atoms with van der Waals surface area (Å²) in [5.41, 5.74) is 4.74. The number of hydrogen-bond donors (Lipinski definition) is 2. The van der Waals surface area contributed by atoms with Gasteiger partial charge in [0, 0.05) is 49.5 Å². The number of aromatic nitrogens is 2. The number of fused-ring (bicyclic) bond motifs is 4. The molecule has 2 aromatic rings.